The number of nitro benzene ring substituents is 1. The molecule has 3 atom stereocenters. The zero-order valence-corrected chi connectivity index (χ0v) is 27.0. The van der Waals surface area contributed by atoms with E-state index in [4.69, 9.17) is 9.47 Å². The molecule has 0 radical (unpaired) electrons. The molecule has 0 spiro atoms. The van der Waals surface area contributed by atoms with Crippen molar-refractivity contribution >= 4 is 68.6 Å². The van der Waals surface area contributed by atoms with Crippen molar-refractivity contribution in [1.29, 1.82) is 0 Å². The molecule has 3 unspecified atom stereocenters. The smallest absolute Gasteiger partial charge is 0.412 e. The highest BCUT2D eigenvalue weighted by Gasteiger charge is 2.56. The van der Waals surface area contributed by atoms with E-state index in [1.165, 1.54) is 36.1 Å². The minimum atomic E-state index is -1.11. The zero-order valence-electron chi connectivity index (χ0n) is 24.6. The van der Waals surface area contributed by atoms with Crippen LogP contribution >= 0.6 is 27.7 Å². The summed E-state index contributed by atoms with van der Waals surface area (Å²) in [6.45, 7) is 0.979. The quantitative estimate of drug-likeness (QED) is 0.0406. The molecule has 0 bridgehead atoms. The summed E-state index contributed by atoms with van der Waals surface area (Å²) in [5, 5.41) is 22.7. The Labute approximate surface area is 280 Å². The van der Waals surface area contributed by atoms with E-state index >= 15 is 0 Å². The number of hydrogen-bond acceptors (Lipinski definition) is 11. The number of β-lactam (4-membered cyclic amide) rings is 1. The van der Waals surface area contributed by atoms with E-state index in [0.717, 1.165) is 10.5 Å². The fraction of sp³-hybridized carbons (Fsp3) is 0.194. The number of benzene rings is 3. The average molecular weight is 728 g/mol. The maximum atomic E-state index is 13.3. The molecule has 3 amide bonds. The van der Waals surface area contributed by atoms with Crippen molar-refractivity contribution < 1.29 is 43.5 Å². The van der Waals surface area contributed by atoms with Gasteiger partial charge in [0.25, 0.3) is 11.6 Å². The second-order valence-electron chi connectivity index (χ2n) is 9.77. The monoisotopic (exact) mass is 726 g/mol. The predicted molar refractivity (Wildman–Crippen MR) is 174 cm³/mol. The van der Waals surface area contributed by atoms with Gasteiger partial charge >= 0.3 is 12.1 Å². The number of ether oxygens (including phenoxy) is 2. The maximum Gasteiger partial charge on any atom is 0.412 e. The van der Waals surface area contributed by atoms with E-state index in [1.807, 2.05) is 30.3 Å². The minimum Gasteiger partial charge on any atom is -0.509 e. The molecule has 2 heterocycles. The molecule has 2 fully saturated rings. The second kappa shape index (κ2) is 15.9. The molecule has 3 aromatic rings. The molecule has 0 saturated carbocycles. The van der Waals surface area contributed by atoms with Crippen LogP contribution in [0.1, 0.15) is 24.3 Å². The first-order valence-electron chi connectivity index (χ1n) is 13.7. The van der Waals surface area contributed by atoms with Crippen LogP contribution in [0.3, 0.4) is 0 Å². The number of allylic oxidation sites excluding steroid dienone is 1. The van der Waals surface area contributed by atoms with Gasteiger partial charge in [-0.15, -0.1) is 0 Å². The lowest BCUT2D eigenvalue weighted by molar-refractivity contribution is -0.384. The summed E-state index contributed by atoms with van der Waals surface area (Å²) < 4.78 is 10.0. The Balaban J connectivity index is 0.000000379. The molecule has 47 heavy (non-hydrogen) atoms. The van der Waals surface area contributed by atoms with Crippen LogP contribution in [0.2, 0.25) is 0 Å². The van der Waals surface area contributed by atoms with Crippen molar-refractivity contribution in [2.24, 2.45) is 0 Å². The number of hydrogen-bond donors (Lipinski definition) is 2. The molecule has 244 valence electrons. The molecular weight excluding hydrogens is 700 g/mol. The van der Waals surface area contributed by atoms with Gasteiger partial charge in [-0.2, -0.15) is 0 Å². The summed E-state index contributed by atoms with van der Waals surface area (Å²) in [6, 6.07) is 22.1. The number of nitrogens with one attached hydrogen (secondary N) is 1. The minimum absolute atomic E-state index is 0.137. The first-order valence-corrected chi connectivity index (χ1v) is 15.8. The van der Waals surface area contributed by atoms with Gasteiger partial charge in [0.2, 0.25) is 12.1 Å². The van der Waals surface area contributed by atoms with E-state index in [-0.39, 0.29) is 29.9 Å². The van der Waals surface area contributed by atoms with E-state index in [9.17, 15) is 39.2 Å². The molecule has 3 aromatic carbocycles. The van der Waals surface area contributed by atoms with E-state index in [2.05, 4.69) is 21.2 Å². The highest BCUT2D eigenvalue weighted by Crippen LogP contribution is 2.39. The number of anilines is 1. The number of nitro groups is 1. The van der Waals surface area contributed by atoms with Gasteiger partial charge in [-0.3, -0.25) is 39.6 Å². The second-order valence-corrected chi connectivity index (χ2v) is 11.3. The zero-order chi connectivity index (χ0) is 34.1. The van der Waals surface area contributed by atoms with Crippen molar-refractivity contribution in [2.75, 3.05) is 10.2 Å². The lowest BCUT2D eigenvalue weighted by Crippen LogP contribution is -2.70. The van der Waals surface area contributed by atoms with Crippen LogP contribution in [-0.4, -0.2) is 61.2 Å². The Morgan fingerprint density at radius 1 is 1.09 bits per heavy atom. The number of para-hydroxylation sites is 1. The molecule has 5 rings (SSSR count). The Bertz CT molecular complexity index is 1670. The Hall–Kier alpha value is -5.22. The summed E-state index contributed by atoms with van der Waals surface area (Å²) in [4.78, 5) is 72.9. The van der Waals surface area contributed by atoms with Crippen LogP contribution in [0, 0.1) is 10.1 Å². The third-order valence-corrected chi connectivity index (χ3v) is 8.18. The Kier molecular flexibility index (Phi) is 11.7. The number of cyclic esters (lactones) is 1. The van der Waals surface area contributed by atoms with Gasteiger partial charge in [0.15, 0.2) is 11.3 Å². The SMILES string of the molecule is CC(=O)N(c1ccccc1)C1C(=O)N(C(C(=O)OCc2ccc([N+](=O)[O-])cc2)=C(O)CBr)C1SC=O.O=C1NC(c2ccccc2)O1. The number of likely N-dealkylation sites (tertiary alicyclic amines) is 1. The van der Waals surface area contributed by atoms with Crippen LogP contribution < -0.4 is 10.2 Å². The first-order chi connectivity index (χ1) is 22.6. The van der Waals surface area contributed by atoms with Gasteiger partial charge in [-0.25, -0.2) is 9.59 Å². The number of carbonyl (C=O) groups is 5. The van der Waals surface area contributed by atoms with Crippen LogP contribution in [0.5, 0.6) is 0 Å². The number of halogens is 1. The molecule has 16 heteroatoms. The van der Waals surface area contributed by atoms with Gasteiger partial charge in [-0.1, -0.05) is 76.2 Å². The number of esters is 1. The van der Waals surface area contributed by atoms with Crippen molar-refractivity contribution in [2.45, 2.75) is 31.2 Å². The van der Waals surface area contributed by atoms with Crippen molar-refractivity contribution in [3.8, 4) is 0 Å². The molecule has 2 aliphatic heterocycles. The van der Waals surface area contributed by atoms with E-state index in [1.54, 1.807) is 30.3 Å². The van der Waals surface area contributed by atoms with Gasteiger partial charge in [0.1, 0.15) is 23.8 Å². The fourth-order valence-electron chi connectivity index (χ4n) is 4.59. The van der Waals surface area contributed by atoms with Crippen LogP contribution in [-0.2, 0) is 35.3 Å². The fourth-order valence-corrected chi connectivity index (χ4v) is 5.69. The number of alkyl halides is 1. The molecule has 0 aromatic heterocycles. The lowest BCUT2D eigenvalue weighted by atomic mass is 10.0. The average Bonchev–Trinajstić information content (AvgIpc) is 3.07. The molecule has 2 saturated heterocycles. The third-order valence-electron chi connectivity index (χ3n) is 6.79. The molecule has 14 nitrogen and oxygen atoms in total. The highest BCUT2D eigenvalue weighted by atomic mass is 79.9. The summed E-state index contributed by atoms with van der Waals surface area (Å²) in [5.74, 6) is -2.71. The normalized spacial score (nSPS) is 18.4. The van der Waals surface area contributed by atoms with E-state index in [0.29, 0.717) is 28.6 Å². The number of non-ortho nitro benzene ring substituents is 1. The van der Waals surface area contributed by atoms with Gasteiger partial charge in [0, 0.05) is 30.3 Å². The van der Waals surface area contributed by atoms with E-state index < -0.39 is 45.6 Å². The van der Waals surface area contributed by atoms with Crippen LogP contribution in [0.15, 0.2) is 96.4 Å². The number of aliphatic hydroxyl groups is 1. The largest absolute Gasteiger partial charge is 0.509 e. The van der Waals surface area contributed by atoms with Crippen molar-refractivity contribution in [3.63, 3.8) is 0 Å². The number of aliphatic hydroxyl groups excluding tert-OH is 1. The van der Waals surface area contributed by atoms with Crippen LogP contribution in [0.25, 0.3) is 0 Å². The van der Waals surface area contributed by atoms with Gasteiger partial charge < -0.3 is 14.6 Å². The van der Waals surface area contributed by atoms with Crippen molar-refractivity contribution in [3.05, 3.63) is 118 Å². The summed E-state index contributed by atoms with van der Waals surface area (Å²) >= 11 is 3.72. The number of rotatable bonds is 11. The Morgan fingerprint density at radius 2 is 1.68 bits per heavy atom. The van der Waals surface area contributed by atoms with Gasteiger partial charge in [-0.05, 0) is 29.8 Å². The number of nitrogens with zero attached hydrogens (tertiary/aromatic N) is 3. The molecular formula is C31H27BrN4O10S. The lowest BCUT2D eigenvalue weighted by Gasteiger charge is -2.49. The number of carbonyl (C=O) groups excluding carboxylic acids is 5. The summed E-state index contributed by atoms with van der Waals surface area (Å²) in [5.41, 5.74) is 1.70. The Morgan fingerprint density at radius 3 is 2.19 bits per heavy atom. The third kappa shape index (κ3) is 8.14. The summed E-state index contributed by atoms with van der Waals surface area (Å²) in [7, 11) is 0. The number of amides is 3. The molecule has 2 aliphatic rings. The summed E-state index contributed by atoms with van der Waals surface area (Å²) in [6.07, 6.45) is -0.581. The molecule has 2 N–H and O–H groups in total. The highest BCUT2D eigenvalue weighted by molar-refractivity contribution is 9.09. The number of thioether (sulfide) groups is 1. The standard InChI is InChI=1S/C23H20BrN3O8S.C8H7NO2/c1-14(29)25(16-5-3-2-4-6-16)20-21(31)26(22(20)36-13-28)19(18(30)11-24)23(32)35-12-15-7-9-17(10-8-15)27(33)34;10-8-9-7(11-8)6-4-2-1-3-5-6/h2-10,13,20,22,30H,11-12H2,1H3;1-5,7H,(H,9,10). The predicted octanol–water partition coefficient (Wildman–Crippen LogP) is 4.74. The van der Waals surface area contributed by atoms with Crippen LogP contribution in [0.4, 0.5) is 16.2 Å². The maximum absolute atomic E-state index is 13.3. The first kappa shape index (κ1) is 34.6. The topological polar surface area (TPSA) is 186 Å². The van der Waals surface area contributed by atoms with Crippen molar-refractivity contribution in [1.82, 2.24) is 10.2 Å². The molecule has 0 aliphatic carbocycles. The van der Waals surface area contributed by atoms with Gasteiger partial charge in [0.05, 0.1) is 10.3 Å².